The topological polar surface area (TPSA) is 42.5 Å². The molecule has 2 aliphatic rings. The fourth-order valence-electron chi connectivity index (χ4n) is 0.463. The van der Waals surface area contributed by atoms with E-state index in [2.05, 4.69) is 15.8 Å². The highest BCUT2D eigenvalue weighted by Gasteiger charge is 1.93. The van der Waals surface area contributed by atoms with E-state index in [1.165, 1.54) is 6.42 Å². The van der Waals surface area contributed by atoms with Gasteiger partial charge < -0.3 is 9.68 Å². The molecule has 2 saturated heterocycles. The fourth-order valence-corrected chi connectivity index (χ4v) is 0.463. The molecule has 2 heterocycles. The molecule has 2 aliphatic heterocycles. The molecule has 4 heteroatoms. The normalized spacial score (nSPS) is 24.0. The average molecular weight is 132 g/mol. The molecule has 0 aliphatic carbocycles. The van der Waals surface area contributed by atoms with Crippen LogP contribution in [0.3, 0.4) is 0 Å². The summed E-state index contributed by atoms with van der Waals surface area (Å²) in [6.45, 7) is 3.83. The third kappa shape index (κ3) is 3.42. The third-order valence-corrected chi connectivity index (χ3v) is 1.04. The van der Waals surface area contributed by atoms with Crippen LogP contribution < -0.4 is 11.0 Å². The average Bonchev–Trinajstić information content (AvgIpc) is 2.07. The van der Waals surface area contributed by atoms with Gasteiger partial charge in [0.2, 0.25) is 0 Å². The Morgan fingerprint density at radius 2 is 1.44 bits per heavy atom. The first kappa shape index (κ1) is 6.95. The molecule has 2 N–H and O–H groups in total. The van der Waals surface area contributed by atoms with Gasteiger partial charge in [0.1, 0.15) is 0 Å². The second-order valence-electron chi connectivity index (χ2n) is 1.84. The second-order valence-corrected chi connectivity index (χ2v) is 1.84. The molecule has 0 aromatic carbocycles. The predicted octanol–water partition coefficient (Wildman–Crippen LogP) is -0.568. The summed E-state index contributed by atoms with van der Waals surface area (Å²) in [4.78, 5) is 9.17. The fraction of sp³-hybridized carbons (Fsp3) is 1.00. The van der Waals surface area contributed by atoms with Crippen molar-refractivity contribution >= 4 is 0 Å². The van der Waals surface area contributed by atoms with Gasteiger partial charge in [0, 0.05) is 13.1 Å². The van der Waals surface area contributed by atoms with Crippen molar-refractivity contribution in [3.8, 4) is 0 Å². The monoisotopic (exact) mass is 132 g/mol. The van der Waals surface area contributed by atoms with E-state index in [0.29, 0.717) is 0 Å². The summed E-state index contributed by atoms with van der Waals surface area (Å²) in [5.74, 6) is 0. The van der Waals surface area contributed by atoms with Crippen molar-refractivity contribution in [1.29, 1.82) is 0 Å². The molecule has 9 heavy (non-hydrogen) atoms. The zero-order valence-electron chi connectivity index (χ0n) is 5.35. The molecule has 0 saturated carbocycles. The van der Waals surface area contributed by atoms with Gasteiger partial charge in [-0.25, -0.2) is 11.0 Å². The van der Waals surface area contributed by atoms with Crippen LogP contribution >= 0.6 is 0 Å². The van der Waals surface area contributed by atoms with Crippen LogP contribution in [0.15, 0.2) is 0 Å². The quantitative estimate of drug-likeness (QED) is 0.463. The van der Waals surface area contributed by atoms with Crippen molar-refractivity contribution in [1.82, 2.24) is 11.0 Å². The van der Waals surface area contributed by atoms with E-state index in [1.54, 1.807) is 0 Å². The van der Waals surface area contributed by atoms with Gasteiger partial charge in [-0.2, -0.15) is 0 Å². The lowest BCUT2D eigenvalue weighted by Crippen LogP contribution is -2.32. The number of hydrogen-bond donors (Lipinski definition) is 2. The van der Waals surface area contributed by atoms with E-state index >= 15 is 0 Å². The Morgan fingerprint density at radius 1 is 0.889 bits per heavy atom. The lowest BCUT2D eigenvalue weighted by atomic mass is 10.5. The Kier molecular flexibility index (Phi) is 3.63. The molecule has 0 spiro atoms. The minimum atomic E-state index is 0.889. The Morgan fingerprint density at radius 3 is 1.56 bits per heavy atom. The standard InChI is InChI=1S/C3H7NO.C2H5NO/c1-2-4-5-3-1;1-2-4-3-1/h4H,1-3H2;3H,1-2H2. The van der Waals surface area contributed by atoms with E-state index in [0.717, 1.165) is 26.3 Å². The summed E-state index contributed by atoms with van der Waals surface area (Å²) in [5, 5.41) is 0. The van der Waals surface area contributed by atoms with Gasteiger partial charge in [0.05, 0.1) is 13.2 Å². The van der Waals surface area contributed by atoms with E-state index in [1.807, 2.05) is 0 Å². The van der Waals surface area contributed by atoms with E-state index in [-0.39, 0.29) is 0 Å². The summed E-state index contributed by atoms with van der Waals surface area (Å²) in [7, 11) is 0. The molecular formula is C5H12N2O2. The van der Waals surface area contributed by atoms with E-state index in [9.17, 15) is 0 Å². The maximum Gasteiger partial charge on any atom is 0.0830 e. The van der Waals surface area contributed by atoms with Crippen LogP contribution in [-0.4, -0.2) is 26.3 Å². The first-order chi connectivity index (χ1) is 4.50. The Hall–Kier alpha value is -0.160. The molecule has 2 rings (SSSR count). The van der Waals surface area contributed by atoms with E-state index < -0.39 is 0 Å². The smallest absolute Gasteiger partial charge is 0.0830 e. The van der Waals surface area contributed by atoms with Crippen LogP contribution in [0.4, 0.5) is 0 Å². The van der Waals surface area contributed by atoms with Crippen molar-refractivity contribution in [2.24, 2.45) is 0 Å². The van der Waals surface area contributed by atoms with Gasteiger partial charge in [0.15, 0.2) is 0 Å². The molecule has 2 fully saturated rings. The highest BCUT2D eigenvalue weighted by Crippen LogP contribution is 1.83. The zero-order valence-corrected chi connectivity index (χ0v) is 5.35. The van der Waals surface area contributed by atoms with Gasteiger partial charge >= 0.3 is 0 Å². The molecule has 4 nitrogen and oxygen atoms in total. The van der Waals surface area contributed by atoms with Gasteiger partial charge in [-0.3, -0.25) is 0 Å². The third-order valence-electron chi connectivity index (χ3n) is 1.04. The molecule has 0 unspecified atom stereocenters. The minimum absolute atomic E-state index is 0.889. The van der Waals surface area contributed by atoms with E-state index in [4.69, 9.17) is 4.84 Å². The molecule has 0 aromatic heterocycles. The Labute approximate surface area is 54.4 Å². The Balaban J connectivity index is 0.0000000922. The minimum Gasteiger partial charge on any atom is -0.302 e. The van der Waals surface area contributed by atoms with Crippen LogP contribution in [0, 0.1) is 0 Å². The lowest BCUT2D eigenvalue weighted by Gasteiger charge is -2.10. The van der Waals surface area contributed by atoms with Crippen molar-refractivity contribution in [3.05, 3.63) is 0 Å². The molecule has 54 valence electrons. The summed E-state index contributed by atoms with van der Waals surface area (Å²) in [6.07, 6.45) is 1.17. The Bertz CT molecular complexity index is 50.4. The van der Waals surface area contributed by atoms with Crippen LogP contribution in [0.1, 0.15) is 6.42 Å². The van der Waals surface area contributed by atoms with Crippen molar-refractivity contribution < 1.29 is 9.68 Å². The van der Waals surface area contributed by atoms with Crippen molar-refractivity contribution in [2.75, 3.05) is 26.3 Å². The largest absolute Gasteiger partial charge is 0.302 e. The van der Waals surface area contributed by atoms with Crippen LogP contribution in [-0.2, 0) is 9.68 Å². The summed E-state index contributed by atoms with van der Waals surface area (Å²) < 4.78 is 0. The summed E-state index contributed by atoms with van der Waals surface area (Å²) in [6, 6.07) is 0. The highest BCUT2D eigenvalue weighted by atomic mass is 16.7. The zero-order chi connectivity index (χ0) is 6.36. The molecule has 0 bridgehead atoms. The second kappa shape index (κ2) is 4.69. The van der Waals surface area contributed by atoms with Crippen LogP contribution in [0.2, 0.25) is 0 Å². The number of hydroxylamine groups is 2. The van der Waals surface area contributed by atoms with Gasteiger partial charge in [-0.05, 0) is 6.42 Å². The van der Waals surface area contributed by atoms with Gasteiger partial charge in [-0.1, -0.05) is 0 Å². The lowest BCUT2D eigenvalue weighted by molar-refractivity contribution is -0.0478. The molecule has 0 aromatic rings. The predicted molar refractivity (Wildman–Crippen MR) is 32.5 cm³/mol. The SMILES string of the molecule is C1CNOC1.C1CON1. The van der Waals surface area contributed by atoms with Crippen LogP contribution in [0.25, 0.3) is 0 Å². The summed E-state index contributed by atoms with van der Waals surface area (Å²) >= 11 is 0. The molecule has 0 radical (unpaired) electrons. The van der Waals surface area contributed by atoms with Crippen molar-refractivity contribution in [3.63, 3.8) is 0 Å². The number of rotatable bonds is 0. The molecule has 0 atom stereocenters. The highest BCUT2D eigenvalue weighted by molar-refractivity contribution is 4.40. The maximum atomic E-state index is 4.69. The number of nitrogens with one attached hydrogen (secondary N) is 2. The van der Waals surface area contributed by atoms with Gasteiger partial charge in [0.25, 0.3) is 0 Å². The molecule has 0 amide bonds. The molecular weight excluding hydrogens is 120 g/mol. The first-order valence-electron chi connectivity index (χ1n) is 3.19. The maximum absolute atomic E-state index is 4.69. The van der Waals surface area contributed by atoms with Crippen molar-refractivity contribution in [2.45, 2.75) is 6.42 Å². The summed E-state index contributed by atoms with van der Waals surface area (Å²) in [5.41, 5.74) is 5.33. The van der Waals surface area contributed by atoms with Gasteiger partial charge in [-0.15, -0.1) is 0 Å². The first-order valence-corrected chi connectivity index (χ1v) is 3.19. The van der Waals surface area contributed by atoms with Crippen LogP contribution in [0.5, 0.6) is 0 Å². The number of hydrogen-bond acceptors (Lipinski definition) is 4.